The van der Waals surface area contributed by atoms with Crippen LogP contribution in [-0.2, 0) is 0 Å². The van der Waals surface area contributed by atoms with E-state index in [9.17, 15) is 10.1 Å². The normalized spacial score (nSPS) is 23.7. The summed E-state index contributed by atoms with van der Waals surface area (Å²) in [6.07, 6.45) is 4.87. The van der Waals surface area contributed by atoms with E-state index in [1.165, 1.54) is 31.4 Å². The van der Waals surface area contributed by atoms with Gasteiger partial charge in [-0.1, -0.05) is 31.4 Å². The van der Waals surface area contributed by atoms with Gasteiger partial charge in [-0.05, 0) is 24.8 Å². The maximum Gasteiger partial charge on any atom is 0.271 e. The number of rotatable bonds is 3. The van der Waals surface area contributed by atoms with Gasteiger partial charge in [0.1, 0.15) is 0 Å². The fraction of sp³-hybridized carbons (Fsp3) is 0.538. The molecule has 0 amide bonds. The van der Waals surface area contributed by atoms with Crippen LogP contribution in [0.25, 0.3) is 0 Å². The van der Waals surface area contributed by atoms with Crippen LogP contribution in [-0.4, -0.2) is 11.0 Å². The summed E-state index contributed by atoms with van der Waals surface area (Å²) in [7, 11) is 0. The fourth-order valence-corrected chi connectivity index (χ4v) is 2.69. The lowest BCUT2D eigenvalue weighted by molar-refractivity contribution is -0.384. The predicted molar refractivity (Wildman–Crippen MR) is 73.1 cm³/mol. The van der Waals surface area contributed by atoms with Crippen LogP contribution in [0.5, 0.6) is 0 Å². The second-order valence-electron chi connectivity index (χ2n) is 4.93. The van der Waals surface area contributed by atoms with Gasteiger partial charge in [-0.15, -0.1) is 0 Å². The number of nitrogens with zero attached hydrogens (tertiary/aromatic N) is 1. The van der Waals surface area contributed by atoms with Crippen molar-refractivity contribution in [2.45, 2.75) is 38.6 Å². The molecule has 0 bridgehead atoms. The average molecular weight is 269 g/mol. The van der Waals surface area contributed by atoms with E-state index in [-0.39, 0.29) is 5.69 Å². The van der Waals surface area contributed by atoms with Crippen molar-refractivity contribution in [3.05, 3.63) is 33.3 Å². The summed E-state index contributed by atoms with van der Waals surface area (Å²) in [6, 6.07) is 5.00. The van der Waals surface area contributed by atoms with Crippen LogP contribution in [0.1, 0.15) is 32.6 Å². The minimum Gasteiger partial charge on any atom is -0.381 e. The lowest BCUT2D eigenvalue weighted by atomic mass is 9.86. The summed E-state index contributed by atoms with van der Waals surface area (Å²) in [4.78, 5) is 10.2. The number of benzene rings is 1. The molecule has 0 heterocycles. The molecule has 0 aromatic heterocycles. The topological polar surface area (TPSA) is 55.2 Å². The van der Waals surface area contributed by atoms with E-state index in [0.717, 1.165) is 12.1 Å². The van der Waals surface area contributed by atoms with Crippen molar-refractivity contribution in [1.29, 1.82) is 0 Å². The Bertz CT molecular complexity index is 451. The summed E-state index contributed by atoms with van der Waals surface area (Å²) in [5.41, 5.74) is 0.822. The van der Waals surface area contributed by atoms with Gasteiger partial charge in [0.05, 0.1) is 15.6 Å². The van der Waals surface area contributed by atoms with Gasteiger partial charge in [0.2, 0.25) is 0 Å². The SMILES string of the molecule is C[C@H]1CCCC[C@H]1Nc1ccc([N+](=O)[O-])cc1Cl. The van der Waals surface area contributed by atoms with Gasteiger partial charge in [0, 0.05) is 18.2 Å². The highest BCUT2D eigenvalue weighted by Gasteiger charge is 2.22. The van der Waals surface area contributed by atoms with Gasteiger partial charge < -0.3 is 5.32 Å². The zero-order valence-corrected chi connectivity index (χ0v) is 11.1. The lowest BCUT2D eigenvalue weighted by Crippen LogP contribution is -2.30. The molecule has 98 valence electrons. The Balaban J connectivity index is 2.11. The highest BCUT2D eigenvalue weighted by atomic mass is 35.5. The minimum atomic E-state index is -0.432. The smallest absolute Gasteiger partial charge is 0.271 e. The molecule has 1 aromatic carbocycles. The lowest BCUT2D eigenvalue weighted by Gasteiger charge is -2.30. The summed E-state index contributed by atoms with van der Waals surface area (Å²) in [5, 5.41) is 14.5. The quantitative estimate of drug-likeness (QED) is 0.659. The van der Waals surface area contributed by atoms with E-state index in [0.29, 0.717) is 17.0 Å². The molecule has 1 saturated carbocycles. The van der Waals surface area contributed by atoms with Gasteiger partial charge >= 0.3 is 0 Å². The molecule has 0 radical (unpaired) electrons. The molecule has 0 aliphatic heterocycles. The molecule has 2 atom stereocenters. The van der Waals surface area contributed by atoms with Gasteiger partial charge in [-0.2, -0.15) is 0 Å². The van der Waals surface area contributed by atoms with Crippen molar-refractivity contribution in [3.8, 4) is 0 Å². The molecular formula is C13H17ClN2O2. The van der Waals surface area contributed by atoms with Crippen LogP contribution >= 0.6 is 11.6 Å². The highest BCUT2D eigenvalue weighted by molar-refractivity contribution is 6.33. The Kier molecular flexibility index (Phi) is 4.07. The Labute approximate surface area is 111 Å². The van der Waals surface area contributed by atoms with Crippen LogP contribution in [0.15, 0.2) is 18.2 Å². The van der Waals surface area contributed by atoms with E-state index >= 15 is 0 Å². The minimum absolute atomic E-state index is 0.0299. The molecule has 2 rings (SSSR count). The van der Waals surface area contributed by atoms with Crippen molar-refractivity contribution >= 4 is 23.0 Å². The van der Waals surface area contributed by atoms with Crippen molar-refractivity contribution in [2.24, 2.45) is 5.92 Å². The zero-order chi connectivity index (χ0) is 13.1. The number of hydrogen-bond donors (Lipinski definition) is 1. The first-order valence-electron chi connectivity index (χ1n) is 6.28. The highest BCUT2D eigenvalue weighted by Crippen LogP contribution is 2.31. The van der Waals surface area contributed by atoms with Crippen molar-refractivity contribution < 1.29 is 4.92 Å². The van der Waals surface area contributed by atoms with Gasteiger partial charge in [0.25, 0.3) is 5.69 Å². The molecular weight excluding hydrogens is 252 g/mol. The van der Waals surface area contributed by atoms with E-state index in [4.69, 9.17) is 11.6 Å². The maximum absolute atomic E-state index is 10.6. The number of nitrogens with one attached hydrogen (secondary N) is 1. The molecule has 5 heteroatoms. The van der Waals surface area contributed by atoms with Gasteiger partial charge in [0.15, 0.2) is 0 Å². The Morgan fingerprint density at radius 2 is 2.11 bits per heavy atom. The van der Waals surface area contributed by atoms with Crippen LogP contribution in [0.2, 0.25) is 5.02 Å². The van der Waals surface area contributed by atoms with Gasteiger partial charge in [-0.3, -0.25) is 10.1 Å². The maximum atomic E-state index is 10.6. The third-order valence-corrected chi connectivity index (χ3v) is 3.93. The summed E-state index contributed by atoms with van der Waals surface area (Å²) in [5.74, 6) is 0.616. The fourth-order valence-electron chi connectivity index (χ4n) is 2.47. The van der Waals surface area contributed by atoms with Crippen LogP contribution in [0.4, 0.5) is 11.4 Å². The number of nitro groups is 1. The predicted octanol–water partition coefficient (Wildman–Crippen LogP) is 4.24. The molecule has 4 nitrogen and oxygen atoms in total. The average Bonchev–Trinajstić information content (AvgIpc) is 2.34. The van der Waals surface area contributed by atoms with Gasteiger partial charge in [-0.25, -0.2) is 0 Å². The van der Waals surface area contributed by atoms with Crippen molar-refractivity contribution in [1.82, 2.24) is 0 Å². The number of nitro benzene ring substituents is 1. The van der Waals surface area contributed by atoms with Crippen LogP contribution in [0.3, 0.4) is 0 Å². The standard InChI is InChI=1S/C13H17ClN2O2/c1-9-4-2-3-5-12(9)15-13-7-6-10(16(17)18)8-11(13)14/h6-9,12,15H,2-5H2,1H3/t9-,12+/m0/s1. The molecule has 0 saturated heterocycles. The summed E-state index contributed by atoms with van der Waals surface area (Å²) >= 11 is 6.07. The Morgan fingerprint density at radius 3 is 2.72 bits per heavy atom. The Hall–Kier alpha value is -1.29. The second kappa shape index (κ2) is 5.57. The summed E-state index contributed by atoms with van der Waals surface area (Å²) in [6.45, 7) is 2.23. The first-order chi connectivity index (χ1) is 8.58. The molecule has 18 heavy (non-hydrogen) atoms. The molecule has 1 N–H and O–H groups in total. The third kappa shape index (κ3) is 2.93. The molecule has 0 unspecified atom stereocenters. The molecule has 1 aliphatic carbocycles. The van der Waals surface area contributed by atoms with E-state index in [1.54, 1.807) is 6.07 Å². The molecule has 1 fully saturated rings. The van der Waals surface area contributed by atoms with E-state index in [1.807, 2.05) is 0 Å². The monoisotopic (exact) mass is 268 g/mol. The summed E-state index contributed by atoms with van der Waals surface area (Å²) < 4.78 is 0. The number of hydrogen-bond acceptors (Lipinski definition) is 3. The van der Waals surface area contributed by atoms with Crippen LogP contribution in [0, 0.1) is 16.0 Å². The third-order valence-electron chi connectivity index (χ3n) is 3.62. The molecule has 1 aromatic rings. The first-order valence-corrected chi connectivity index (χ1v) is 6.66. The zero-order valence-electron chi connectivity index (χ0n) is 10.4. The van der Waals surface area contributed by atoms with E-state index < -0.39 is 4.92 Å². The van der Waals surface area contributed by atoms with Crippen molar-refractivity contribution in [2.75, 3.05) is 5.32 Å². The largest absolute Gasteiger partial charge is 0.381 e. The molecule has 1 aliphatic rings. The number of non-ortho nitro benzene ring substituents is 1. The van der Waals surface area contributed by atoms with Crippen molar-refractivity contribution in [3.63, 3.8) is 0 Å². The Morgan fingerprint density at radius 1 is 1.39 bits per heavy atom. The number of halogens is 1. The van der Waals surface area contributed by atoms with E-state index in [2.05, 4.69) is 12.2 Å². The molecule has 0 spiro atoms. The van der Waals surface area contributed by atoms with Crippen LogP contribution < -0.4 is 5.32 Å². The second-order valence-corrected chi connectivity index (χ2v) is 5.34. The number of anilines is 1. The first kappa shape index (κ1) is 13.1.